The van der Waals surface area contributed by atoms with Crippen molar-refractivity contribution in [3.8, 4) is 18.2 Å². The minimum Gasteiger partial charge on any atom is -0.481 e. The van der Waals surface area contributed by atoms with E-state index in [0.717, 1.165) is 28.4 Å². The van der Waals surface area contributed by atoms with Gasteiger partial charge in [-0.25, -0.2) is 9.59 Å². The predicted molar refractivity (Wildman–Crippen MR) is 231 cm³/mol. The van der Waals surface area contributed by atoms with Crippen molar-refractivity contribution in [1.29, 1.82) is 15.8 Å². The summed E-state index contributed by atoms with van der Waals surface area (Å²) in [6, 6.07) is 28.6. The van der Waals surface area contributed by atoms with Crippen LogP contribution in [0.3, 0.4) is 0 Å². The number of aromatic carboxylic acids is 1. The first-order chi connectivity index (χ1) is 31.3. The molecule has 0 fully saturated rings. The molecular weight excluding hydrogens is 861 g/mol. The molecular formula is C45H34N8O13. The van der Waals surface area contributed by atoms with E-state index in [-0.39, 0.29) is 45.8 Å². The number of nitro groups is 2. The molecule has 5 aromatic rings. The van der Waals surface area contributed by atoms with E-state index in [2.05, 4.69) is 20.7 Å². The van der Waals surface area contributed by atoms with Gasteiger partial charge in [-0.05, 0) is 72.1 Å². The normalized spacial score (nSPS) is 11.7. The molecule has 66 heavy (non-hydrogen) atoms. The van der Waals surface area contributed by atoms with Gasteiger partial charge in [-0.15, -0.1) is 0 Å². The van der Waals surface area contributed by atoms with E-state index in [0.29, 0.717) is 52.9 Å². The molecule has 0 saturated heterocycles. The molecule has 0 atom stereocenters. The quantitative estimate of drug-likeness (QED) is 0.0767. The molecule has 332 valence electrons. The molecule has 3 amide bonds. The van der Waals surface area contributed by atoms with Crippen molar-refractivity contribution in [3.05, 3.63) is 167 Å². The Morgan fingerprint density at radius 1 is 0.621 bits per heavy atom. The number of anilines is 3. The number of ether oxygens (including phenoxy) is 1. The molecule has 0 saturated carbocycles. The summed E-state index contributed by atoms with van der Waals surface area (Å²) in [7, 11) is 1.33. The first-order valence-corrected chi connectivity index (χ1v) is 18.9. The number of aryl methyl sites for hydroxylation is 1. The van der Waals surface area contributed by atoms with Crippen LogP contribution in [-0.4, -0.2) is 62.8 Å². The number of amides is 3. The third-order valence-corrected chi connectivity index (χ3v) is 9.29. The number of nitrogens with zero attached hydrogens (tertiary/aromatic N) is 5. The van der Waals surface area contributed by atoms with E-state index in [9.17, 15) is 49.0 Å². The Morgan fingerprint density at radius 3 is 1.48 bits per heavy atom. The van der Waals surface area contributed by atoms with Gasteiger partial charge in [0.2, 0.25) is 17.7 Å². The van der Waals surface area contributed by atoms with Crippen molar-refractivity contribution in [2.75, 3.05) is 23.1 Å². The average molecular weight is 895 g/mol. The lowest BCUT2D eigenvalue weighted by atomic mass is 10.1. The van der Waals surface area contributed by atoms with Crippen LogP contribution in [0.5, 0.6) is 0 Å². The van der Waals surface area contributed by atoms with Gasteiger partial charge in [-0.3, -0.25) is 39.4 Å². The van der Waals surface area contributed by atoms with Gasteiger partial charge in [0.05, 0.1) is 88.7 Å². The summed E-state index contributed by atoms with van der Waals surface area (Å²) in [5, 5.41) is 71.6. The Labute approximate surface area is 373 Å². The van der Waals surface area contributed by atoms with Crippen LogP contribution in [0.4, 0.5) is 28.4 Å². The minimum absolute atomic E-state index is 0.0000831. The number of fused-ring (bicyclic) bond motifs is 3. The summed E-state index contributed by atoms with van der Waals surface area (Å²) in [5.74, 6) is -2.65. The molecule has 0 aliphatic carbocycles. The number of nitro benzene ring substituents is 2. The van der Waals surface area contributed by atoms with Crippen LogP contribution in [-0.2, 0) is 49.6 Å². The second-order valence-corrected chi connectivity index (χ2v) is 13.9. The highest BCUT2D eigenvalue weighted by molar-refractivity contribution is 6.02. The summed E-state index contributed by atoms with van der Waals surface area (Å²) in [6.45, 7) is 1.64. The van der Waals surface area contributed by atoms with Crippen molar-refractivity contribution in [2.45, 2.75) is 32.6 Å². The fraction of sp³-hybridized carbons (Fsp3) is 0.133. The zero-order valence-electron chi connectivity index (χ0n) is 34.6. The Balaban J connectivity index is 0.000000181. The summed E-state index contributed by atoms with van der Waals surface area (Å²) in [6.07, 6.45) is 0.731. The predicted octanol–water partition coefficient (Wildman–Crippen LogP) is 5.77. The van der Waals surface area contributed by atoms with Crippen molar-refractivity contribution >= 4 is 64.1 Å². The number of carbonyl (C=O) groups is 6. The van der Waals surface area contributed by atoms with E-state index >= 15 is 0 Å². The van der Waals surface area contributed by atoms with Gasteiger partial charge in [0.25, 0.3) is 11.4 Å². The number of hydrogen-bond acceptors (Lipinski definition) is 14. The van der Waals surface area contributed by atoms with Crippen molar-refractivity contribution < 1.29 is 53.6 Å². The highest BCUT2D eigenvalue weighted by atomic mass is 16.6. The van der Waals surface area contributed by atoms with E-state index in [1.807, 2.05) is 18.2 Å². The van der Waals surface area contributed by atoms with Gasteiger partial charge >= 0.3 is 17.9 Å². The Kier molecular flexibility index (Phi) is 16.5. The Morgan fingerprint density at radius 2 is 1.03 bits per heavy atom. The third kappa shape index (κ3) is 13.3. The third-order valence-electron chi connectivity index (χ3n) is 9.29. The summed E-state index contributed by atoms with van der Waals surface area (Å²) in [5.41, 5.74) is 6.84. The van der Waals surface area contributed by atoms with Crippen molar-refractivity contribution in [3.63, 3.8) is 0 Å². The lowest BCUT2D eigenvalue weighted by Crippen LogP contribution is -2.04. The maximum Gasteiger partial charge on any atom is 0.337 e. The molecule has 5 aromatic carbocycles. The maximum absolute atomic E-state index is 11.2. The standard InChI is InChI=1S/C10H9NO3.C9H6N2O4.C9H6N2O.C9H7NO3.C8H6N2O2/c1-14-10(13)7-3-2-6-5-9(12)11-8(6)4-7;10-5-6-1-2-7(4-9(12)13)8(3-6)11(14)15;10-5-6-1-2-7-4-9(12)11-8(7)3-6;11-8-4-5-1-2-6(9(12)13)3-7(5)10-8;1-6-2-3-7(5-9)4-8(6)10(11)12/h2-4H,5H2,1H3,(H,11,12);1-3H,4H2,(H,12,13);1-3H,4H2,(H,11,12);1-3H,4H2,(H,10,11)(H,12,13);2-4H,1H3. The molecule has 3 heterocycles. The topological polar surface area (TPSA) is 346 Å². The van der Waals surface area contributed by atoms with Crippen LogP contribution >= 0.6 is 0 Å². The lowest BCUT2D eigenvalue weighted by Gasteiger charge is -2.01. The first-order valence-electron chi connectivity index (χ1n) is 18.9. The molecule has 5 N–H and O–H groups in total. The SMILES string of the molecule is COC(=O)c1ccc2c(c1)NC(=O)C2.Cc1ccc(C#N)cc1[N+](=O)[O-].N#Cc1ccc(CC(=O)O)c([N+](=O)[O-])c1.N#Cc1ccc2c(c1)NC(=O)C2.O=C1Cc2ccc(C(=O)O)cc2N1. The molecule has 0 aromatic heterocycles. The number of rotatable bonds is 6. The molecule has 0 radical (unpaired) electrons. The van der Waals surface area contributed by atoms with E-state index in [4.69, 9.17) is 26.0 Å². The monoisotopic (exact) mass is 894 g/mol. The van der Waals surface area contributed by atoms with E-state index < -0.39 is 34.2 Å². The van der Waals surface area contributed by atoms with Crippen LogP contribution in [0.2, 0.25) is 0 Å². The van der Waals surface area contributed by atoms with Gasteiger partial charge in [-0.2, -0.15) is 15.8 Å². The lowest BCUT2D eigenvalue weighted by molar-refractivity contribution is -0.385. The number of aliphatic carboxylic acids is 1. The number of carbonyl (C=O) groups excluding carboxylic acids is 4. The highest BCUT2D eigenvalue weighted by Crippen LogP contribution is 2.26. The second kappa shape index (κ2) is 22.3. The van der Waals surface area contributed by atoms with Gasteiger partial charge in [0.1, 0.15) is 0 Å². The number of carboxylic acids is 2. The maximum atomic E-state index is 11.2. The highest BCUT2D eigenvalue weighted by Gasteiger charge is 2.21. The van der Waals surface area contributed by atoms with Gasteiger partial charge in [0.15, 0.2) is 0 Å². The Hall–Kier alpha value is -9.81. The number of benzene rings is 5. The molecule has 8 rings (SSSR count). The molecule has 21 nitrogen and oxygen atoms in total. The summed E-state index contributed by atoms with van der Waals surface area (Å²) >= 11 is 0. The van der Waals surface area contributed by atoms with Crippen LogP contribution in [0.25, 0.3) is 0 Å². The Bertz CT molecular complexity index is 2950. The number of nitriles is 3. The molecule has 0 unspecified atom stereocenters. The van der Waals surface area contributed by atoms with Crippen LogP contribution in [0, 0.1) is 61.1 Å². The fourth-order valence-corrected chi connectivity index (χ4v) is 6.08. The fourth-order valence-electron chi connectivity index (χ4n) is 6.08. The molecule has 3 aliphatic heterocycles. The molecule has 21 heteroatoms. The molecule has 3 aliphatic rings. The smallest absolute Gasteiger partial charge is 0.337 e. The van der Waals surface area contributed by atoms with Gasteiger partial charge in [-0.1, -0.05) is 30.3 Å². The zero-order chi connectivity index (χ0) is 48.7. The van der Waals surface area contributed by atoms with Crippen LogP contribution < -0.4 is 16.0 Å². The zero-order valence-corrected chi connectivity index (χ0v) is 34.6. The average Bonchev–Trinajstić information content (AvgIpc) is 3.99. The minimum atomic E-state index is -1.15. The van der Waals surface area contributed by atoms with Crippen molar-refractivity contribution in [1.82, 2.24) is 0 Å². The van der Waals surface area contributed by atoms with E-state index in [1.54, 1.807) is 61.5 Å². The number of methoxy groups -OCH3 is 1. The number of esters is 1. The molecule has 0 bridgehead atoms. The van der Waals surface area contributed by atoms with Gasteiger partial charge in [0, 0.05) is 40.3 Å². The number of carboxylic acid groups (broad SMARTS) is 2. The van der Waals surface area contributed by atoms with Gasteiger partial charge < -0.3 is 30.9 Å². The first kappa shape index (κ1) is 48.9. The molecule has 0 spiro atoms. The summed E-state index contributed by atoms with van der Waals surface area (Å²) in [4.78, 5) is 84.8. The largest absolute Gasteiger partial charge is 0.481 e. The number of nitrogens with one attached hydrogen (secondary N) is 3. The van der Waals surface area contributed by atoms with Crippen LogP contribution in [0.15, 0.2) is 91.0 Å². The second-order valence-electron chi connectivity index (χ2n) is 13.9. The van der Waals surface area contributed by atoms with Crippen molar-refractivity contribution in [2.24, 2.45) is 0 Å². The number of hydrogen-bond donors (Lipinski definition) is 5. The van der Waals surface area contributed by atoms with Crippen LogP contribution in [0.1, 0.15) is 65.2 Å². The summed E-state index contributed by atoms with van der Waals surface area (Å²) < 4.78 is 4.57. The van der Waals surface area contributed by atoms with E-state index in [1.165, 1.54) is 37.4 Å².